The Bertz CT molecular complexity index is 961. The summed E-state index contributed by atoms with van der Waals surface area (Å²) in [6, 6.07) is 14.9. The summed E-state index contributed by atoms with van der Waals surface area (Å²) < 4.78 is 13.4. The van der Waals surface area contributed by atoms with E-state index in [1.165, 1.54) is 0 Å². The van der Waals surface area contributed by atoms with Crippen molar-refractivity contribution >= 4 is 11.6 Å². The summed E-state index contributed by atoms with van der Waals surface area (Å²) in [5.41, 5.74) is 2.15. The van der Waals surface area contributed by atoms with Crippen LogP contribution in [0.2, 0.25) is 0 Å². The molecule has 0 saturated carbocycles. The standard InChI is InChI=1S/C22H23N3O3/c1-25-12-11-23-21(25)16-6-4-7-17(14-16)24-22(26)19-9-2-3-10-20(19)28-15-18-8-5-13-27-18/h2-4,6-7,9-12,14,18H,5,8,13,15H2,1H3,(H,24,26). The third kappa shape index (κ3) is 4.07. The van der Waals surface area contributed by atoms with Gasteiger partial charge >= 0.3 is 0 Å². The summed E-state index contributed by atoms with van der Waals surface area (Å²) >= 11 is 0. The summed E-state index contributed by atoms with van der Waals surface area (Å²) in [5, 5.41) is 2.96. The Morgan fingerprint density at radius 2 is 2.18 bits per heavy atom. The van der Waals surface area contributed by atoms with Gasteiger partial charge in [-0.05, 0) is 37.1 Å². The Hall–Kier alpha value is -3.12. The molecule has 1 fully saturated rings. The second kappa shape index (κ2) is 8.27. The zero-order chi connectivity index (χ0) is 19.3. The van der Waals surface area contributed by atoms with Crippen LogP contribution < -0.4 is 10.1 Å². The van der Waals surface area contributed by atoms with E-state index in [1.807, 2.05) is 60.3 Å². The van der Waals surface area contributed by atoms with E-state index in [0.717, 1.165) is 30.8 Å². The van der Waals surface area contributed by atoms with Crippen molar-refractivity contribution < 1.29 is 14.3 Å². The molecule has 1 N–H and O–H groups in total. The first-order valence-electron chi connectivity index (χ1n) is 9.43. The first kappa shape index (κ1) is 18.3. The largest absolute Gasteiger partial charge is 0.490 e. The maximum Gasteiger partial charge on any atom is 0.259 e. The first-order valence-corrected chi connectivity index (χ1v) is 9.43. The molecule has 28 heavy (non-hydrogen) atoms. The number of nitrogens with zero attached hydrogens (tertiary/aromatic N) is 2. The van der Waals surface area contributed by atoms with Crippen molar-refractivity contribution in [2.45, 2.75) is 18.9 Å². The first-order chi connectivity index (χ1) is 13.7. The molecule has 6 nitrogen and oxygen atoms in total. The lowest BCUT2D eigenvalue weighted by Crippen LogP contribution is -2.19. The van der Waals surface area contributed by atoms with Gasteiger partial charge in [-0.2, -0.15) is 0 Å². The van der Waals surface area contributed by atoms with Gasteiger partial charge in [-0.25, -0.2) is 4.98 Å². The van der Waals surface area contributed by atoms with E-state index < -0.39 is 0 Å². The summed E-state index contributed by atoms with van der Waals surface area (Å²) in [5.74, 6) is 1.20. The number of para-hydroxylation sites is 1. The molecule has 1 atom stereocenters. The third-order valence-electron chi connectivity index (χ3n) is 4.78. The lowest BCUT2D eigenvalue weighted by molar-refractivity contribution is 0.0673. The number of anilines is 1. The molecule has 3 aromatic rings. The second-order valence-corrected chi connectivity index (χ2v) is 6.84. The molecule has 1 unspecified atom stereocenters. The molecule has 6 heteroatoms. The molecule has 1 aliphatic rings. The van der Waals surface area contributed by atoms with Gasteiger partial charge in [0.15, 0.2) is 0 Å². The fraction of sp³-hybridized carbons (Fsp3) is 0.273. The highest BCUT2D eigenvalue weighted by molar-refractivity contribution is 6.06. The molecule has 0 bridgehead atoms. The molecule has 1 aliphatic heterocycles. The molecule has 4 rings (SSSR count). The molecule has 144 valence electrons. The Balaban J connectivity index is 1.49. The molecule has 1 saturated heterocycles. The summed E-state index contributed by atoms with van der Waals surface area (Å²) in [7, 11) is 1.94. The smallest absolute Gasteiger partial charge is 0.259 e. The number of hydrogen-bond donors (Lipinski definition) is 1. The van der Waals surface area contributed by atoms with Crippen LogP contribution in [-0.4, -0.2) is 34.8 Å². The van der Waals surface area contributed by atoms with E-state index >= 15 is 0 Å². The summed E-state index contributed by atoms with van der Waals surface area (Å²) in [6.45, 7) is 1.24. The summed E-state index contributed by atoms with van der Waals surface area (Å²) in [6.07, 6.45) is 5.80. The fourth-order valence-electron chi connectivity index (χ4n) is 3.32. The quantitative estimate of drug-likeness (QED) is 0.708. The number of aromatic nitrogens is 2. The van der Waals surface area contributed by atoms with E-state index in [2.05, 4.69) is 10.3 Å². The number of rotatable bonds is 6. The van der Waals surface area contributed by atoms with Crippen molar-refractivity contribution in [1.82, 2.24) is 9.55 Å². The number of carbonyl (C=O) groups excluding carboxylic acids is 1. The Morgan fingerprint density at radius 1 is 1.29 bits per heavy atom. The van der Waals surface area contributed by atoms with Gasteiger partial charge in [0.2, 0.25) is 0 Å². The highest BCUT2D eigenvalue weighted by atomic mass is 16.5. The van der Waals surface area contributed by atoms with Crippen molar-refractivity contribution in [2.75, 3.05) is 18.5 Å². The minimum atomic E-state index is -0.208. The second-order valence-electron chi connectivity index (χ2n) is 6.84. The zero-order valence-electron chi connectivity index (χ0n) is 15.8. The van der Waals surface area contributed by atoms with Crippen molar-refractivity contribution in [3.8, 4) is 17.1 Å². The predicted molar refractivity (Wildman–Crippen MR) is 108 cm³/mol. The third-order valence-corrected chi connectivity index (χ3v) is 4.78. The number of hydrogen-bond acceptors (Lipinski definition) is 4. The molecule has 0 aliphatic carbocycles. The van der Waals surface area contributed by atoms with Gasteiger partial charge in [-0.1, -0.05) is 24.3 Å². The minimum Gasteiger partial charge on any atom is -0.490 e. The van der Waals surface area contributed by atoms with Crippen LogP contribution in [0.25, 0.3) is 11.4 Å². The van der Waals surface area contributed by atoms with Crippen LogP contribution in [0.5, 0.6) is 5.75 Å². The van der Waals surface area contributed by atoms with Crippen molar-refractivity contribution in [3.63, 3.8) is 0 Å². The zero-order valence-corrected chi connectivity index (χ0v) is 15.8. The minimum absolute atomic E-state index is 0.102. The van der Waals surface area contributed by atoms with Crippen molar-refractivity contribution in [2.24, 2.45) is 7.05 Å². The molecule has 1 amide bonds. The van der Waals surface area contributed by atoms with Gasteiger partial charge in [-0.3, -0.25) is 4.79 Å². The highest BCUT2D eigenvalue weighted by Gasteiger charge is 2.18. The van der Waals surface area contributed by atoms with Gasteiger partial charge < -0.3 is 19.4 Å². The number of amides is 1. The van der Waals surface area contributed by atoms with Gasteiger partial charge in [0.05, 0.1) is 11.7 Å². The average Bonchev–Trinajstić information content (AvgIpc) is 3.38. The van der Waals surface area contributed by atoms with Gasteiger partial charge in [-0.15, -0.1) is 0 Å². The Labute approximate surface area is 164 Å². The maximum absolute atomic E-state index is 12.9. The number of benzene rings is 2. The molecule has 2 aromatic carbocycles. The molecule has 1 aromatic heterocycles. The van der Waals surface area contributed by atoms with Crippen LogP contribution in [0, 0.1) is 0 Å². The van der Waals surface area contributed by atoms with Crippen LogP contribution in [0.1, 0.15) is 23.2 Å². The molecule has 2 heterocycles. The Morgan fingerprint density at radius 3 is 2.96 bits per heavy atom. The number of carbonyl (C=O) groups is 1. The van der Waals surface area contributed by atoms with E-state index in [4.69, 9.17) is 9.47 Å². The topological polar surface area (TPSA) is 65.4 Å². The van der Waals surface area contributed by atoms with Gasteiger partial charge in [0, 0.05) is 37.3 Å². The normalized spacial score (nSPS) is 16.1. The van der Waals surface area contributed by atoms with Crippen LogP contribution in [0.4, 0.5) is 5.69 Å². The van der Waals surface area contributed by atoms with E-state index in [9.17, 15) is 4.79 Å². The predicted octanol–water partition coefficient (Wildman–Crippen LogP) is 3.90. The number of nitrogens with one attached hydrogen (secondary N) is 1. The van der Waals surface area contributed by atoms with Crippen LogP contribution in [-0.2, 0) is 11.8 Å². The highest BCUT2D eigenvalue weighted by Crippen LogP contribution is 2.24. The lowest BCUT2D eigenvalue weighted by atomic mass is 10.1. The lowest BCUT2D eigenvalue weighted by Gasteiger charge is -2.15. The fourth-order valence-corrected chi connectivity index (χ4v) is 3.32. The van der Waals surface area contributed by atoms with E-state index in [-0.39, 0.29) is 12.0 Å². The van der Waals surface area contributed by atoms with Crippen LogP contribution >= 0.6 is 0 Å². The Kier molecular flexibility index (Phi) is 5.39. The van der Waals surface area contributed by atoms with Gasteiger partial charge in [0.25, 0.3) is 5.91 Å². The maximum atomic E-state index is 12.9. The van der Waals surface area contributed by atoms with Crippen molar-refractivity contribution in [3.05, 3.63) is 66.5 Å². The van der Waals surface area contributed by atoms with E-state index in [0.29, 0.717) is 23.6 Å². The van der Waals surface area contributed by atoms with Crippen LogP contribution in [0.15, 0.2) is 60.9 Å². The SMILES string of the molecule is Cn1ccnc1-c1cccc(NC(=O)c2ccccc2OCC2CCCO2)c1. The number of imidazole rings is 1. The van der Waals surface area contributed by atoms with E-state index in [1.54, 1.807) is 12.3 Å². The number of ether oxygens (including phenoxy) is 2. The molecule has 0 spiro atoms. The molecule has 0 radical (unpaired) electrons. The monoisotopic (exact) mass is 377 g/mol. The van der Waals surface area contributed by atoms with Crippen molar-refractivity contribution in [1.29, 1.82) is 0 Å². The summed E-state index contributed by atoms with van der Waals surface area (Å²) in [4.78, 5) is 17.2. The van der Waals surface area contributed by atoms with Crippen LogP contribution in [0.3, 0.4) is 0 Å². The molecular formula is C22H23N3O3. The molecular weight excluding hydrogens is 354 g/mol. The number of aryl methyl sites for hydroxylation is 1. The van der Waals surface area contributed by atoms with Gasteiger partial charge in [0.1, 0.15) is 18.2 Å². The average molecular weight is 377 g/mol.